The first-order valence-corrected chi connectivity index (χ1v) is 20.0. The van der Waals surface area contributed by atoms with E-state index >= 15 is 0 Å². The number of anilines is 2. The molecule has 12 nitrogen and oxygen atoms in total. The maximum atomic E-state index is 13.8. The minimum atomic E-state index is -0.392. The Morgan fingerprint density at radius 2 is 1.76 bits per heavy atom. The van der Waals surface area contributed by atoms with Gasteiger partial charge in [-0.3, -0.25) is 14.6 Å². The van der Waals surface area contributed by atoms with Crippen molar-refractivity contribution in [3.63, 3.8) is 0 Å². The molecule has 0 spiro atoms. The topological polar surface area (TPSA) is 126 Å². The molecule has 0 radical (unpaired) electrons. The van der Waals surface area contributed by atoms with Crippen LogP contribution in [-0.2, 0) is 6.54 Å². The fourth-order valence-electron chi connectivity index (χ4n) is 7.91. The minimum absolute atomic E-state index is 0.171. The molecule has 2 aliphatic heterocycles. The van der Waals surface area contributed by atoms with Crippen molar-refractivity contribution < 1.29 is 9.53 Å². The number of benzene rings is 2. The van der Waals surface area contributed by atoms with Gasteiger partial charge in [-0.2, -0.15) is 0 Å². The summed E-state index contributed by atoms with van der Waals surface area (Å²) in [6, 6.07) is 20.4. The predicted octanol–water partition coefficient (Wildman–Crippen LogP) is 7.52. The van der Waals surface area contributed by atoms with Crippen molar-refractivity contribution >= 4 is 29.0 Å². The molecule has 292 valence electrons. The molecule has 0 saturated carbocycles. The number of allylic oxidation sites excluding steroid dienone is 1. The van der Waals surface area contributed by atoms with Gasteiger partial charge < -0.3 is 30.6 Å². The summed E-state index contributed by atoms with van der Waals surface area (Å²) in [6.07, 6.45) is 9.70. The number of hydrogen-bond donors (Lipinski definition) is 4. The van der Waals surface area contributed by atoms with E-state index in [0.717, 1.165) is 99.1 Å². The van der Waals surface area contributed by atoms with Gasteiger partial charge in [-0.25, -0.2) is 4.79 Å². The minimum Gasteiger partial charge on any atom is -0.484 e. The fraction of sp³-hybridized carbons (Fsp3) is 0.488. The summed E-state index contributed by atoms with van der Waals surface area (Å²) in [6.45, 7) is 14.4. The number of rotatable bonds is 10. The molecule has 2 aromatic carbocycles. The molecule has 12 heteroatoms. The lowest BCUT2D eigenvalue weighted by Gasteiger charge is -2.33. The van der Waals surface area contributed by atoms with Gasteiger partial charge in [-0.05, 0) is 107 Å². The maximum Gasteiger partial charge on any atom is 0.320 e. The van der Waals surface area contributed by atoms with Crippen molar-refractivity contribution in [3.8, 4) is 5.75 Å². The zero-order chi connectivity index (χ0) is 38.5. The van der Waals surface area contributed by atoms with Gasteiger partial charge in [0.1, 0.15) is 17.7 Å². The Hall–Kier alpha value is -4.94. The largest absolute Gasteiger partial charge is 0.484 e. The third-order valence-corrected chi connectivity index (χ3v) is 11.2. The second kappa shape index (κ2) is 16.8. The quantitative estimate of drug-likeness (QED) is 0.123. The Morgan fingerprint density at radius 1 is 0.927 bits per heavy atom. The predicted molar refractivity (Wildman–Crippen MR) is 220 cm³/mol. The summed E-state index contributed by atoms with van der Waals surface area (Å²) in [7, 11) is 2.19. The highest BCUT2D eigenvalue weighted by Gasteiger charge is 2.30. The van der Waals surface area contributed by atoms with E-state index in [-0.39, 0.29) is 18.2 Å². The van der Waals surface area contributed by atoms with Crippen molar-refractivity contribution in [1.29, 1.82) is 5.41 Å². The number of pyridine rings is 1. The summed E-state index contributed by atoms with van der Waals surface area (Å²) >= 11 is 0. The first-order valence-electron chi connectivity index (χ1n) is 20.0. The standard InChI is InChI=1S/C43H58N10O2/c1-30-12-8-9-23-52(30)42-49-48-40-20-17-33(29-53(40)42)55-37-19-18-36(34-15-6-7-16-35(34)37)46-41(54)47-39(27-38(44)43(2,3)4)45-32-14-10-13-31(26-32)28-51-22-11-21-50(5)24-25-51/h6-7,10,13-17,20,26-27,29-30,36-37,44-45H,8-9,11-12,18-19,21-25,28H2,1-5H3,(H2,46,47,54)/b39-27+,44-38?/t30-,36-,37+/m0/s1. The number of carbonyl (C=O) groups excluding carboxylic acids is 1. The molecule has 3 aliphatic rings. The number of piperidine rings is 1. The van der Waals surface area contributed by atoms with E-state index in [1.54, 1.807) is 6.08 Å². The number of hydrogen-bond acceptors (Lipinski definition) is 9. The number of nitrogens with one attached hydrogen (secondary N) is 4. The SMILES string of the molecule is C[C@H]1CCCCN1c1nnc2ccc(O[C@@H]3CC[C@H](NC(=O)N/C(=C/C(=N)C(C)(C)C)Nc4cccc(CN5CCCN(C)CC5)c4)c4ccccc43)cn12. The monoisotopic (exact) mass is 746 g/mol. The lowest BCUT2D eigenvalue weighted by Crippen LogP contribution is -2.41. The van der Waals surface area contributed by atoms with E-state index in [1.807, 2.05) is 67.8 Å². The normalized spacial score (nSPS) is 21.4. The second-order valence-corrected chi connectivity index (χ2v) is 16.6. The number of aromatic nitrogens is 3. The first kappa shape index (κ1) is 38.3. The van der Waals surface area contributed by atoms with Crippen molar-refractivity contribution in [3.05, 3.63) is 95.4 Å². The number of ether oxygens (including phenoxy) is 1. The Kier molecular flexibility index (Phi) is 11.7. The number of nitrogens with zero attached hydrogens (tertiary/aromatic N) is 6. The van der Waals surface area contributed by atoms with Crippen LogP contribution in [0, 0.1) is 10.8 Å². The molecule has 0 unspecified atom stereocenters. The average Bonchev–Trinajstić information content (AvgIpc) is 3.46. The summed E-state index contributed by atoms with van der Waals surface area (Å²) in [5.74, 6) is 2.08. The van der Waals surface area contributed by atoms with Gasteiger partial charge in [-0.1, -0.05) is 57.2 Å². The Bertz CT molecular complexity index is 2000. The van der Waals surface area contributed by atoms with E-state index in [0.29, 0.717) is 24.0 Å². The highest BCUT2D eigenvalue weighted by molar-refractivity contribution is 5.97. The molecule has 7 rings (SSSR count). The Morgan fingerprint density at radius 3 is 2.58 bits per heavy atom. The number of carbonyl (C=O) groups is 1. The number of urea groups is 1. The van der Waals surface area contributed by atoms with Crippen LogP contribution in [0.1, 0.15) is 95.1 Å². The lowest BCUT2D eigenvalue weighted by molar-refractivity contribution is 0.171. The van der Waals surface area contributed by atoms with E-state index in [4.69, 9.17) is 10.1 Å². The van der Waals surface area contributed by atoms with Gasteiger partial charge in [0.25, 0.3) is 0 Å². The summed E-state index contributed by atoms with van der Waals surface area (Å²) in [5.41, 5.74) is 4.98. The van der Waals surface area contributed by atoms with E-state index in [1.165, 1.54) is 12.0 Å². The molecular formula is C43H58N10O2. The van der Waals surface area contributed by atoms with Gasteiger partial charge in [0.15, 0.2) is 5.65 Å². The van der Waals surface area contributed by atoms with Crippen LogP contribution in [0.5, 0.6) is 5.75 Å². The lowest BCUT2D eigenvalue weighted by atomic mass is 9.85. The molecular weight excluding hydrogens is 689 g/mol. The molecule has 4 heterocycles. The van der Waals surface area contributed by atoms with Crippen LogP contribution in [-0.4, -0.2) is 82.0 Å². The zero-order valence-corrected chi connectivity index (χ0v) is 33.1. The first-order chi connectivity index (χ1) is 26.5. The van der Waals surface area contributed by atoms with E-state index in [9.17, 15) is 4.79 Å². The van der Waals surface area contributed by atoms with Gasteiger partial charge in [0, 0.05) is 55.1 Å². The average molecular weight is 747 g/mol. The number of likely N-dealkylation sites (N-methyl/N-ethyl adjacent to an activating group) is 1. The van der Waals surface area contributed by atoms with Crippen LogP contribution in [0.15, 0.2) is 78.8 Å². The third kappa shape index (κ3) is 9.48. The van der Waals surface area contributed by atoms with Crippen molar-refractivity contribution in [2.24, 2.45) is 5.41 Å². The molecule has 2 fully saturated rings. The van der Waals surface area contributed by atoms with Crippen LogP contribution in [0.3, 0.4) is 0 Å². The maximum absolute atomic E-state index is 13.8. The fourth-order valence-corrected chi connectivity index (χ4v) is 7.91. The molecule has 55 heavy (non-hydrogen) atoms. The van der Waals surface area contributed by atoms with Crippen LogP contribution in [0.25, 0.3) is 5.65 Å². The third-order valence-electron chi connectivity index (χ3n) is 11.2. The van der Waals surface area contributed by atoms with Gasteiger partial charge in [0.05, 0.1) is 12.2 Å². The summed E-state index contributed by atoms with van der Waals surface area (Å²) < 4.78 is 8.73. The molecule has 2 aromatic heterocycles. The molecule has 1 aliphatic carbocycles. The van der Waals surface area contributed by atoms with Gasteiger partial charge in [-0.15, -0.1) is 10.2 Å². The Balaban J connectivity index is 1.04. The van der Waals surface area contributed by atoms with E-state index < -0.39 is 5.41 Å². The Labute approximate surface area is 325 Å². The van der Waals surface area contributed by atoms with Gasteiger partial charge >= 0.3 is 6.03 Å². The van der Waals surface area contributed by atoms with Crippen LogP contribution >= 0.6 is 0 Å². The van der Waals surface area contributed by atoms with Crippen LogP contribution < -0.4 is 25.6 Å². The number of amides is 2. The molecule has 2 saturated heterocycles. The van der Waals surface area contributed by atoms with Crippen molar-refractivity contribution in [2.75, 3.05) is 50.0 Å². The molecule has 4 aromatic rings. The number of fused-ring (bicyclic) bond motifs is 2. The van der Waals surface area contributed by atoms with Crippen LogP contribution in [0.2, 0.25) is 0 Å². The van der Waals surface area contributed by atoms with Crippen molar-refractivity contribution in [2.45, 2.75) is 91.0 Å². The van der Waals surface area contributed by atoms with E-state index in [2.05, 4.69) is 79.1 Å². The molecule has 2 amide bonds. The van der Waals surface area contributed by atoms with Crippen molar-refractivity contribution in [1.82, 2.24) is 35.0 Å². The molecule has 3 atom stereocenters. The highest BCUT2D eigenvalue weighted by Crippen LogP contribution is 2.39. The molecule has 4 N–H and O–H groups in total. The zero-order valence-electron chi connectivity index (χ0n) is 33.1. The second-order valence-electron chi connectivity index (χ2n) is 16.6. The molecule has 0 bridgehead atoms. The smallest absolute Gasteiger partial charge is 0.320 e. The summed E-state index contributed by atoms with van der Waals surface area (Å²) in [4.78, 5) is 21.0. The highest BCUT2D eigenvalue weighted by atomic mass is 16.5. The summed E-state index contributed by atoms with van der Waals surface area (Å²) in [5, 5.41) is 27.5. The van der Waals surface area contributed by atoms with Gasteiger partial charge in [0.2, 0.25) is 5.95 Å². The van der Waals surface area contributed by atoms with Crippen LogP contribution in [0.4, 0.5) is 16.4 Å².